The van der Waals surface area contributed by atoms with Crippen LogP contribution in [-0.2, 0) is 4.79 Å². The summed E-state index contributed by atoms with van der Waals surface area (Å²) in [5.74, 6) is -1.73. The van der Waals surface area contributed by atoms with Gasteiger partial charge in [0.05, 0.1) is 0 Å². The number of carbonyl (C=O) groups excluding carboxylic acids is 2. The van der Waals surface area contributed by atoms with Gasteiger partial charge in [-0.15, -0.1) is 0 Å². The van der Waals surface area contributed by atoms with Gasteiger partial charge in [-0.25, -0.2) is 8.78 Å². The standard InChI is InChI=1S/C19H18F2N2O3/c1-12-18(24)22-9-2-10-23(12)19(25)13-3-6-15(7-4-13)26-17-8-5-14(20)11-16(17)21/h3-8,11-12H,2,9-10H2,1H3,(H,22,24)/t12-/m0/s1. The van der Waals surface area contributed by atoms with Crippen LogP contribution in [0.5, 0.6) is 11.5 Å². The van der Waals surface area contributed by atoms with Crippen LogP contribution < -0.4 is 10.1 Å². The van der Waals surface area contributed by atoms with E-state index in [9.17, 15) is 18.4 Å². The molecule has 0 radical (unpaired) electrons. The van der Waals surface area contributed by atoms with Crippen LogP contribution in [-0.4, -0.2) is 35.8 Å². The van der Waals surface area contributed by atoms with Gasteiger partial charge in [0.2, 0.25) is 5.91 Å². The Morgan fingerprint density at radius 3 is 2.62 bits per heavy atom. The molecule has 5 nitrogen and oxygen atoms in total. The second-order valence-electron chi connectivity index (χ2n) is 6.02. The summed E-state index contributed by atoms with van der Waals surface area (Å²) < 4.78 is 31.9. The van der Waals surface area contributed by atoms with Gasteiger partial charge in [0.1, 0.15) is 17.6 Å². The number of nitrogens with zero attached hydrogens (tertiary/aromatic N) is 1. The summed E-state index contributed by atoms with van der Waals surface area (Å²) in [5.41, 5.74) is 0.401. The van der Waals surface area contributed by atoms with Gasteiger partial charge >= 0.3 is 0 Å². The van der Waals surface area contributed by atoms with E-state index in [1.54, 1.807) is 19.1 Å². The summed E-state index contributed by atoms with van der Waals surface area (Å²) in [6.07, 6.45) is 0.687. The molecule has 0 saturated carbocycles. The Morgan fingerprint density at radius 2 is 1.92 bits per heavy atom. The maximum absolute atomic E-state index is 13.6. The lowest BCUT2D eigenvalue weighted by atomic mass is 10.1. The highest BCUT2D eigenvalue weighted by Gasteiger charge is 2.28. The molecule has 2 aromatic carbocycles. The van der Waals surface area contributed by atoms with E-state index in [0.717, 1.165) is 12.1 Å². The SMILES string of the molecule is C[C@H]1C(=O)NCCCN1C(=O)c1ccc(Oc2ccc(F)cc2F)cc1. The first-order valence-electron chi connectivity index (χ1n) is 8.27. The Morgan fingerprint density at radius 1 is 1.19 bits per heavy atom. The zero-order valence-electron chi connectivity index (χ0n) is 14.2. The molecule has 0 spiro atoms. The Kier molecular flexibility index (Phi) is 5.16. The lowest BCUT2D eigenvalue weighted by molar-refractivity contribution is -0.124. The molecule has 0 aliphatic carbocycles. The van der Waals surface area contributed by atoms with Gasteiger partial charge in [0.25, 0.3) is 5.91 Å². The molecule has 2 aromatic rings. The molecule has 1 heterocycles. The van der Waals surface area contributed by atoms with Crippen molar-refractivity contribution in [3.63, 3.8) is 0 Å². The number of ether oxygens (including phenoxy) is 1. The number of amides is 2. The maximum atomic E-state index is 13.6. The fourth-order valence-electron chi connectivity index (χ4n) is 2.74. The number of halogens is 2. The highest BCUT2D eigenvalue weighted by atomic mass is 19.1. The normalized spacial score (nSPS) is 17.4. The summed E-state index contributed by atoms with van der Waals surface area (Å²) in [4.78, 5) is 26.1. The van der Waals surface area contributed by atoms with Gasteiger partial charge in [0, 0.05) is 24.7 Å². The molecule has 1 fully saturated rings. The summed E-state index contributed by atoms with van der Waals surface area (Å²) in [6.45, 7) is 2.72. The number of rotatable bonds is 3. The van der Waals surface area contributed by atoms with Crippen molar-refractivity contribution in [2.75, 3.05) is 13.1 Å². The molecule has 7 heteroatoms. The number of nitrogens with one attached hydrogen (secondary N) is 1. The molecule has 136 valence electrons. The van der Waals surface area contributed by atoms with E-state index in [0.29, 0.717) is 30.8 Å². The smallest absolute Gasteiger partial charge is 0.254 e. The van der Waals surface area contributed by atoms with Crippen molar-refractivity contribution in [2.24, 2.45) is 0 Å². The van der Waals surface area contributed by atoms with Gasteiger partial charge in [-0.3, -0.25) is 9.59 Å². The van der Waals surface area contributed by atoms with Gasteiger partial charge in [-0.1, -0.05) is 0 Å². The number of benzene rings is 2. The highest BCUT2D eigenvalue weighted by Crippen LogP contribution is 2.25. The van der Waals surface area contributed by atoms with E-state index in [1.807, 2.05) is 0 Å². The average Bonchev–Trinajstić information content (AvgIpc) is 2.79. The lowest BCUT2D eigenvalue weighted by Gasteiger charge is -2.25. The van der Waals surface area contributed by atoms with Crippen LogP contribution in [0.4, 0.5) is 8.78 Å². The second kappa shape index (κ2) is 7.51. The van der Waals surface area contributed by atoms with Crippen LogP contribution in [0.2, 0.25) is 0 Å². The van der Waals surface area contributed by atoms with Crippen molar-refractivity contribution < 1.29 is 23.1 Å². The first-order valence-corrected chi connectivity index (χ1v) is 8.27. The van der Waals surface area contributed by atoms with Gasteiger partial charge in [0.15, 0.2) is 11.6 Å². The minimum absolute atomic E-state index is 0.108. The zero-order valence-corrected chi connectivity index (χ0v) is 14.2. The molecule has 1 atom stereocenters. The van der Waals surface area contributed by atoms with Crippen molar-refractivity contribution in [3.05, 3.63) is 59.7 Å². The first kappa shape index (κ1) is 17.8. The minimum atomic E-state index is -0.811. The second-order valence-corrected chi connectivity index (χ2v) is 6.02. The first-order chi connectivity index (χ1) is 12.5. The summed E-state index contributed by atoms with van der Waals surface area (Å²) >= 11 is 0. The summed E-state index contributed by atoms with van der Waals surface area (Å²) in [7, 11) is 0. The maximum Gasteiger partial charge on any atom is 0.254 e. The fourth-order valence-corrected chi connectivity index (χ4v) is 2.74. The van der Waals surface area contributed by atoms with Crippen LogP contribution >= 0.6 is 0 Å². The predicted molar refractivity (Wildman–Crippen MR) is 91.0 cm³/mol. The van der Waals surface area contributed by atoms with Crippen LogP contribution in [0.1, 0.15) is 23.7 Å². The van der Waals surface area contributed by atoms with E-state index >= 15 is 0 Å². The van der Waals surface area contributed by atoms with Crippen LogP contribution in [0.3, 0.4) is 0 Å². The van der Waals surface area contributed by atoms with Crippen LogP contribution in [0.25, 0.3) is 0 Å². The Labute approximate surface area is 149 Å². The molecular formula is C19H18F2N2O3. The van der Waals surface area contributed by atoms with Crippen molar-refractivity contribution in [3.8, 4) is 11.5 Å². The number of hydrogen-bond acceptors (Lipinski definition) is 3. The number of carbonyl (C=O) groups is 2. The molecular weight excluding hydrogens is 342 g/mol. The minimum Gasteiger partial charge on any atom is -0.454 e. The molecule has 3 rings (SSSR count). The van der Waals surface area contributed by atoms with Crippen molar-refractivity contribution >= 4 is 11.8 Å². The van der Waals surface area contributed by atoms with E-state index in [1.165, 1.54) is 23.1 Å². The quantitative estimate of drug-likeness (QED) is 0.915. The molecule has 1 aliphatic heterocycles. The average molecular weight is 360 g/mol. The molecule has 26 heavy (non-hydrogen) atoms. The van der Waals surface area contributed by atoms with Crippen LogP contribution in [0, 0.1) is 11.6 Å². The lowest BCUT2D eigenvalue weighted by Crippen LogP contribution is -2.45. The highest BCUT2D eigenvalue weighted by molar-refractivity contribution is 5.97. The van der Waals surface area contributed by atoms with Gasteiger partial charge < -0.3 is 15.0 Å². The van der Waals surface area contributed by atoms with Crippen LogP contribution in [0.15, 0.2) is 42.5 Å². The zero-order chi connectivity index (χ0) is 18.7. The van der Waals surface area contributed by atoms with Crippen molar-refractivity contribution in [2.45, 2.75) is 19.4 Å². The Bertz CT molecular complexity index is 824. The van der Waals surface area contributed by atoms with E-state index in [-0.39, 0.29) is 17.6 Å². The molecule has 0 unspecified atom stereocenters. The van der Waals surface area contributed by atoms with Gasteiger partial charge in [-0.05, 0) is 49.7 Å². The Balaban J connectivity index is 1.74. The fraction of sp³-hybridized carbons (Fsp3) is 0.263. The van der Waals surface area contributed by atoms with E-state index in [2.05, 4.69) is 5.32 Å². The largest absolute Gasteiger partial charge is 0.454 e. The van der Waals surface area contributed by atoms with Crippen molar-refractivity contribution in [1.82, 2.24) is 10.2 Å². The molecule has 1 saturated heterocycles. The molecule has 1 N–H and O–H groups in total. The summed E-state index contributed by atoms with van der Waals surface area (Å²) in [5, 5.41) is 2.76. The predicted octanol–water partition coefficient (Wildman–Crippen LogP) is 3.11. The van der Waals surface area contributed by atoms with E-state index < -0.39 is 17.7 Å². The van der Waals surface area contributed by atoms with Gasteiger partial charge in [-0.2, -0.15) is 0 Å². The molecule has 1 aliphatic rings. The topological polar surface area (TPSA) is 58.6 Å². The monoisotopic (exact) mass is 360 g/mol. The third kappa shape index (κ3) is 3.82. The molecule has 0 aromatic heterocycles. The number of hydrogen-bond donors (Lipinski definition) is 1. The third-order valence-corrected chi connectivity index (χ3v) is 4.21. The summed E-state index contributed by atoms with van der Waals surface area (Å²) in [6, 6.07) is 8.64. The molecule has 0 bridgehead atoms. The Hall–Kier alpha value is -2.96. The van der Waals surface area contributed by atoms with E-state index in [4.69, 9.17) is 4.74 Å². The third-order valence-electron chi connectivity index (χ3n) is 4.21. The molecule has 2 amide bonds. The van der Waals surface area contributed by atoms with Crippen molar-refractivity contribution in [1.29, 1.82) is 0 Å².